The third-order valence-corrected chi connectivity index (χ3v) is 8.51. The Labute approximate surface area is 263 Å². The Balaban J connectivity index is 1.29. The molecule has 0 bridgehead atoms. The average Bonchev–Trinajstić information content (AvgIpc) is 3.45. The van der Waals surface area contributed by atoms with Gasteiger partial charge in [-0.2, -0.15) is 0 Å². The number of nitrogens with zero attached hydrogens (tertiary/aromatic N) is 1. The summed E-state index contributed by atoms with van der Waals surface area (Å²) < 4.78 is 11.4. The predicted molar refractivity (Wildman–Crippen MR) is 170 cm³/mol. The molecule has 2 aliphatic rings. The largest absolute Gasteiger partial charge is 0.490 e. The SMILES string of the molecule is CCOc1ccc(CNC(=O)C(Cc2c[nH]c3ccccc23)NC(=O)CN2CC(=O)NC(C3CCCCC3)C2=O)cc1OCC. The number of aromatic nitrogens is 1. The molecule has 11 heteroatoms. The van der Waals surface area contributed by atoms with Crippen LogP contribution in [0.1, 0.15) is 57.1 Å². The van der Waals surface area contributed by atoms with Crippen LogP contribution in [0.15, 0.2) is 48.7 Å². The topological polar surface area (TPSA) is 142 Å². The molecule has 3 aromatic rings. The molecule has 4 amide bonds. The van der Waals surface area contributed by atoms with Gasteiger partial charge in [-0.05, 0) is 61.9 Å². The third kappa shape index (κ3) is 7.95. The number of aromatic amines is 1. The number of hydrogen-bond donors (Lipinski definition) is 4. The minimum atomic E-state index is -0.923. The van der Waals surface area contributed by atoms with Gasteiger partial charge in [-0.3, -0.25) is 19.2 Å². The molecular weight excluding hydrogens is 574 g/mol. The van der Waals surface area contributed by atoms with E-state index in [1.165, 1.54) is 4.90 Å². The number of hydrogen-bond acceptors (Lipinski definition) is 6. The van der Waals surface area contributed by atoms with E-state index in [1.807, 2.05) is 62.5 Å². The number of H-pyrrole nitrogens is 1. The van der Waals surface area contributed by atoms with Crippen molar-refractivity contribution in [1.29, 1.82) is 0 Å². The minimum absolute atomic E-state index is 0.0762. The fourth-order valence-corrected chi connectivity index (χ4v) is 6.31. The van der Waals surface area contributed by atoms with Gasteiger partial charge in [-0.15, -0.1) is 0 Å². The first kappa shape index (κ1) is 31.9. The van der Waals surface area contributed by atoms with Gasteiger partial charge >= 0.3 is 0 Å². The number of amides is 4. The number of fused-ring (bicyclic) bond motifs is 1. The average molecular weight is 618 g/mol. The number of piperazine rings is 1. The lowest BCUT2D eigenvalue weighted by Gasteiger charge is -2.37. The van der Waals surface area contributed by atoms with Crippen molar-refractivity contribution in [3.8, 4) is 11.5 Å². The maximum absolute atomic E-state index is 13.6. The fraction of sp³-hybridized carbons (Fsp3) is 0.471. The molecule has 4 N–H and O–H groups in total. The highest BCUT2D eigenvalue weighted by Crippen LogP contribution is 2.29. The van der Waals surface area contributed by atoms with Crippen molar-refractivity contribution in [2.24, 2.45) is 5.92 Å². The van der Waals surface area contributed by atoms with E-state index in [-0.39, 0.29) is 49.7 Å². The first-order valence-electron chi connectivity index (χ1n) is 15.9. The van der Waals surface area contributed by atoms with Crippen molar-refractivity contribution in [1.82, 2.24) is 25.8 Å². The molecule has 2 heterocycles. The van der Waals surface area contributed by atoms with E-state index in [9.17, 15) is 19.2 Å². The van der Waals surface area contributed by atoms with E-state index in [0.717, 1.165) is 54.1 Å². The number of ether oxygens (including phenoxy) is 2. The van der Waals surface area contributed by atoms with Gasteiger partial charge in [0.15, 0.2) is 11.5 Å². The van der Waals surface area contributed by atoms with Crippen LogP contribution < -0.4 is 25.4 Å². The van der Waals surface area contributed by atoms with Gasteiger partial charge in [0, 0.05) is 30.1 Å². The summed E-state index contributed by atoms with van der Waals surface area (Å²) in [5.41, 5.74) is 2.61. The highest BCUT2D eigenvalue weighted by Gasteiger charge is 2.39. The first-order chi connectivity index (χ1) is 21.9. The molecule has 1 aliphatic carbocycles. The fourth-order valence-electron chi connectivity index (χ4n) is 6.31. The van der Waals surface area contributed by atoms with Crippen LogP contribution in [-0.4, -0.2) is 71.9 Å². The Bertz CT molecular complexity index is 1510. The maximum Gasteiger partial charge on any atom is 0.246 e. The number of carbonyl (C=O) groups excluding carboxylic acids is 4. The number of para-hydroxylation sites is 1. The molecule has 2 fully saturated rings. The highest BCUT2D eigenvalue weighted by molar-refractivity contribution is 5.98. The van der Waals surface area contributed by atoms with Crippen LogP contribution in [0.5, 0.6) is 11.5 Å². The number of nitrogens with one attached hydrogen (secondary N) is 4. The van der Waals surface area contributed by atoms with Gasteiger partial charge in [0.25, 0.3) is 0 Å². The molecule has 1 aromatic heterocycles. The molecule has 45 heavy (non-hydrogen) atoms. The van der Waals surface area contributed by atoms with E-state index in [4.69, 9.17) is 9.47 Å². The summed E-state index contributed by atoms with van der Waals surface area (Å²) in [4.78, 5) is 57.4. The lowest BCUT2D eigenvalue weighted by molar-refractivity contribution is -0.148. The van der Waals surface area contributed by atoms with E-state index < -0.39 is 18.0 Å². The summed E-state index contributed by atoms with van der Waals surface area (Å²) in [5, 5.41) is 9.61. The van der Waals surface area contributed by atoms with E-state index in [0.29, 0.717) is 24.7 Å². The first-order valence-corrected chi connectivity index (χ1v) is 15.9. The smallest absolute Gasteiger partial charge is 0.246 e. The van der Waals surface area contributed by atoms with Gasteiger partial charge in [-0.1, -0.05) is 43.5 Å². The summed E-state index contributed by atoms with van der Waals surface area (Å²) in [6.07, 6.45) is 7.01. The molecule has 0 radical (unpaired) electrons. The van der Waals surface area contributed by atoms with Crippen LogP contribution in [0, 0.1) is 5.92 Å². The molecular formula is C34H43N5O6. The van der Waals surface area contributed by atoms with E-state index in [2.05, 4.69) is 20.9 Å². The molecule has 0 spiro atoms. The molecule has 2 atom stereocenters. The van der Waals surface area contributed by atoms with Crippen molar-refractivity contribution in [3.63, 3.8) is 0 Å². The second-order valence-electron chi connectivity index (χ2n) is 11.7. The Morgan fingerprint density at radius 2 is 1.76 bits per heavy atom. The zero-order chi connectivity index (χ0) is 31.8. The molecule has 2 aromatic carbocycles. The molecule has 2 unspecified atom stereocenters. The monoisotopic (exact) mass is 617 g/mol. The quantitative estimate of drug-likeness (QED) is 0.232. The Kier molecular flexibility index (Phi) is 10.6. The van der Waals surface area contributed by atoms with Crippen LogP contribution in [0.25, 0.3) is 10.9 Å². The lowest BCUT2D eigenvalue weighted by atomic mass is 9.82. The van der Waals surface area contributed by atoms with Gasteiger partial charge in [0.05, 0.1) is 13.2 Å². The molecule has 1 saturated heterocycles. The van der Waals surface area contributed by atoms with Crippen LogP contribution >= 0.6 is 0 Å². The predicted octanol–water partition coefficient (Wildman–Crippen LogP) is 3.22. The van der Waals surface area contributed by atoms with E-state index in [1.54, 1.807) is 0 Å². The van der Waals surface area contributed by atoms with Crippen molar-refractivity contribution in [3.05, 3.63) is 59.8 Å². The van der Waals surface area contributed by atoms with Crippen molar-refractivity contribution < 1.29 is 28.7 Å². The summed E-state index contributed by atoms with van der Waals surface area (Å²) >= 11 is 0. The molecule has 1 saturated carbocycles. The number of rotatable bonds is 13. The van der Waals surface area contributed by atoms with Gasteiger partial charge in [-0.25, -0.2) is 0 Å². The summed E-state index contributed by atoms with van der Waals surface area (Å²) in [6, 6.07) is 11.7. The van der Waals surface area contributed by atoms with Gasteiger partial charge < -0.3 is 35.3 Å². The van der Waals surface area contributed by atoms with E-state index >= 15 is 0 Å². The molecule has 240 valence electrons. The Morgan fingerprint density at radius 1 is 1.00 bits per heavy atom. The molecule has 11 nitrogen and oxygen atoms in total. The van der Waals surface area contributed by atoms with Crippen LogP contribution in [-0.2, 0) is 32.1 Å². The standard InChI is InChI=1S/C34H43N5O6/c1-3-44-28-15-14-22(16-29(28)45-4-2)18-36-33(42)27(17-24-19-35-26-13-9-8-12-25(24)26)37-30(40)20-39-21-31(41)38-32(34(39)43)23-10-6-5-7-11-23/h8-9,12-16,19,23,27,32,35H,3-7,10-11,17-18,20-21H2,1-2H3,(H,36,42)(H,37,40)(H,38,41). The second kappa shape index (κ2) is 15.0. The van der Waals surface area contributed by atoms with Crippen LogP contribution in [0.2, 0.25) is 0 Å². The van der Waals surface area contributed by atoms with Gasteiger partial charge in [0.2, 0.25) is 23.6 Å². The Morgan fingerprint density at radius 3 is 2.53 bits per heavy atom. The van der Waals surface area contributed by atoms with Crippen LogP contribution in [0.3, 0.4) is 0 Å². The summed E-state index contributed by atoms with van der Waals surface area (Å²) in [7, 11) is 0. The van der Waals surface area contributed by atoms with Crippen molar-refractivity contribution in [2.45, 2.75) is 71.0 Å². The van der Waals surface area contributed by atoms with Crippen LogP contribution in [0.4, 0.5) is 0 Å². The molecule has 5 rings (SSSR count). The molecule has 1 aliphatic heterocycles. The summed E-state index contributed by atoms with van der Waals surface area (Å²) in [6.45, 7) is 4.48. The zero-order valence-corrected chi connectivity index (χ0v) is 26.0. The van der Waals surface area contributed by atoms with Crippen molar-refractivity contribution >= 4 is 34.5 Å². The minimum Gasteiger partial charge on any atom is -0.490 e. The highest BCUT2D eigenvalue weighted by atomic mass is 16.5. The zero-order valence-electron chi connectivity index (χ0n) is 26.0. The number of benzene rings is 2. The lowest BCUT2D eigenvalue weighted by Crippen LogP contribution is -2.62. The van der Waals surface area contributed by atoms with Gasteiger partial charge in [0.1, 0.15) is 25.2 Å². The Hall–Kier alpha value is -4.54. The third-order valence-electron chi connectivity index (χ3n) is 8.51. The maximum atomic E-state index is 13.6. The summed E-state index contributed by atoms with van der Waals surface area (Å²) in [5.74, 6) is -0.0829. The normalized spacial score (nSPS) is 17.9. The second-order valence-corrected chi connectivity index (χ2v) is 11.7. The number of carbonyl (C=O) groups is 4. The van der Waals surface area contributed by atoms with Crippen molar-refractivity contribution in [2.75, 3.05) is 26.3 Å².